The second-order valence-electron chi connectivity index (χ2n) is 8.99. The quantitative estimate of drug-likeness (QED) is 0.862. The van der Waals surface area contributed by atoms with Gasteiger partial charge in [-0.3, -0.25) is 9.69 Å². The molecular weight excluding hydrogens is 342 g/mol. The van der Waals surface area contributed by atoms with Crippen LogP contribution in [-0.4, -0.2) is 81.2 Å². The Balaban J connectivity index is 1.49. The highest BCUT2D eigenvalue weighted by atomic mass is 16.3. The van der Waals surface area contributed by atoms with Crippen molar-refractivity contribution >= 4 is 11.9 Å². The minimum Gasteiger partial charge on any atom is -0.389 e. The number of rotatable bonds is 3. The number of carbonyl (C=O) groups is 1. The van der Waals surface area contributed by atoms with Crippen LogP contribution in [0.5, 0.6) is 0 Å². The number of nitrogens with zero attached hydrogens (tertiary/aromatic N) is 5. The third kappa shape index (κ3) is 4.96. The van der Waals surface area contributed by atoms with Gasteiger partial charge in [-0.1, -0.05) is 0 Å². The number of piperazine rings is 1. The van der Waals surface area contributed by atoms with Gasteiger partial charge in [0.2, 0.25) is 11.9 Å². The molecule has 2 aliphatic rings. The minimum atomic E-state index is -0.865. The molecule has 7 heteroatoms. The highest BCUT2D eigenvalue weighted by Gasteiger charge is 2.38. The molecule has 1 aromatic rings. The first-order chi connectivity index (χ1) is 12.7. The molecule has 1 N–H and O–H groups in total. The van der Waals surface area contributed by atoms with Crippen molar-refractivity contribution in [1.29, 1.82) is 0 Å². The van der Waals surface area contributed by atoms with Crippen molar-refractivity contribution in [3.63, 3.8) is 0 Å². The first kappa shape index (κ1) is 20.0. The summed E-state index contributed by atoms with van der Waals surface area (Å²) >= 11 is 0. The first-order valence-corrected chi connectivity index (χ1v) is 9.95. The van der Waals surface area contributed by atoms with Crippen molar-refractivity contribution in [1.82, 2.24) is 19.8 Å². The highest BCUT2D eigenvalue weighted by molar-refractivity contribution is 5.77. The fraction of sp³-hybridized carbons (Fsp3) is 0.750. The number of amides is 1. The molecule has 2 aliphatic heterocycles. The molecular formula is C20H33N5O2. The van der Waals surface area contributed by atoms with Crippen molar-refractivity contribution in [3.8, 4) is 0 Å². The van der Waals surface area contributed by atoms with Gasteiger partial charge in [-0.15, -0.1) is 0 Å². The Bertz CT molecular complexity index is 639. The molecule has 150 valence electrons. The molecule has 2 fully saturated rings. The van der Waals surface area contributed by atoms with Gasteiger partial charge in [0.25, 0.3) is 0 Å². The molecule has 3 heterocycles. The lowest BCUT2D eigenvalue weighted by molar-refractivity contribution is -0.139. The van der Waals surface area contributed by atoms with Crippen LogP contribution in [0.25, 0.3) is 0 Å². The maximum Gasteiger partial charge on any atom is 0.225 e. The summed E-state index contributed by atoms with van der Waals surface area (Å²) in [5.74, 6) is 0.784. The summed E-state index contributed by atoms with van der Waals surface area (Å²) in [6.07, 6.45) is 5.19. The SMILES string of the molecule is Cc1cnc(N2CCN(C(=O)CC3(O)CCN(C(C)(C)C)CC3)CC2)nc1. The number of hydrogen-bond donors (Lipinski definition) is 1. The molecule has 0 aromatic carbocycles. The second-order valence-corrected chi connectivity index (χ2v) is 8.99. The fourth-order valence-corrected chi connectivity index (χ4v) is 3.87. The van der Waals surface area contributed by atoms with E-state index in [-0.39, 0.29) is 17.9 Å². The van der Waals surface area contributed by atoms with Crippen LogP contribution < -0.4 is 4.90 Å². The first-order valence-electron chi connectivity index (χ1n) is 9.95. The van der Waals surface area contributed by atoms with E-state index in [9.17, 15) is 9.90 Å². The number of aromatic nitrogens is 2. The molecule has 0 aliphatic carbocycles. The van der Waals surface area contributed by atoms with Gasteiger partial charge in [-0.2, -0.15) is 0 Å². The lowest BCUT2D eigenvalue weighted by Crippen LogP contribution is -2.54. The van der Waals surface area contributed by atoms with Gasteiger partial charge in [-0.25, -0.2) is 9.97 Å². The number of anilines is 1. The van der Waals surface area contributed by atoms with Crippen LogP contribution in [0.1, 0.15) is 45.6 Å². The predicted molar refractivity (Wildman–Crippen MR) is 106 cm³/mol. The van der Waals surface area contributed by atoms with E-state index in [4.69, 9.17) is 0 Å². The Morgan fingerprint density at radius 2 is 1.63 bits per heavy atom. The summed E-state index contributed by atoms with van der Waals surface area (Å²) in [5, 5.41) is 10.9. The van der Waals surface area contributed by atoms with Gasteiger partial charge in [0.15, 0.2) is 0 Å². The molecule has 0 unspecified atom stereocenters. The van der Waals surface area contributed by atoms with Gasteiger partial charge in [0, 0.05) is 57.2 Å². The van der Waals surface area contributed by atoms with E-state index in [0.29, 0.717) is 25.9 Å². The predicted octanol–water partition coefficient (Wildman–Crippen LogP) is 1.45. The number of likely N-dealkylation sites (tertiary alicyclic amines) is 1. The normalized spacial score (nSPS) is 21.4. The smallest absolute Gasteiger partial charge is 0.225 e. The molecule has 3 rings (SSSR count). The van der Waals surface area contributed by atoms with Gasteiger partial charge in [0.1, 0.15) is 0 Å². The van der Waals surface area contributed by atoms with Crippen LogP contribution in [-0.2, 0) is 4.79 Å². The summed E-state index contributed by atoms with van der Waals surface area (Å²) in [5.41, 5.74) is 0.286. The zero-order valence-corrected chi connectivity index (χ0v) is 17.1. The van der Waals surface area contributed by atoms with E-state index in [2.05, 4.69) is 40.5 Å². The Kier molecular flexibility index (Phi) is 5.72. The van der Waals surface area contributed by atoms with Crippen LogP contribution in [0, 0.1) is 6.92 Å². The van der Waals surface area contributed by atoms with E-state index in [1.807, 2.05) is 24.2 Å². The van der Waals surface area contributed by atoms with Crippen LogP contribution in [0.2, 0.25) is 0 Å². The molecule has 1 aromatic heterocycles. The molecule has 0 radical (unpaired) electrons. The van der Waals surface area contributed by atoms with E-state index >= 15 is 0 Å². The summed E-state index contributed by atoms with van der Waals surface area (Å²) in [6, 6.07) is 0. The van der Waals surface area contributed by atoms with Crippen molar-refractivity contribution in [2.45, 2.75) is 58.1 Å². The highest BCUT2D eigenvalue weighted by Crippen LogP contribution is 2.30. The van der Waals surface area contributed by atoms with Crippen LogP contribution in [0.15, 0.2) is 12.4 Å². The summed E-state index contributed by atoms with van der Waals surface area (Å²) < 4.78 is 0. The monoisotopic (exact) mass is 375 g/mol. The molecule has 0 spiro atoms. The third-order valence-corrected chi connectivity index (χ3v) is 5.81. The van der Waals surface area contributed by atoms with E-state index in [1.54, 1.807) is 0 Å². The minimum absolute atomic E-state index is 0.0613. The van der Waals surface area contributed by atoms with E-state index in [0.717, 1.165) is 37.7 Å². The molecule has 27 heavy (non-hydrogen) atoms. The number of aliphatic hydroxyl groups is 1. The van der Waals surface area contributed by atoms with Gasteiger partial charge in [0.05, 0.1) is 12.0 Å². The van der Waals surface area contributed by atoms with Gasteiger partial charge in [-0.05, 0) is 46.1 Å². The van der Waals surface area contributed by atoms with Crippen LogP contribution >= 0.6 is 0 Å². The van der Waals surface area contributed by atoms with Crippen LogP contribution in [0.4, 0.5) is 5.95 Å². The molecule has 2 saturated heterocycles. The average molecular weight is 376 g/mol. The van der Waals surface area contributed by atoms with E-state index < -0.39 is 5.60 Å². The topological polar surface area (TPSA) is 72.8 Å². The third-order valence-electron chi connectivity index (χ3n) is 5.81. The molecule has 1 amide bonds. The largest absolute Gasteiger partial charge is 0.389 e. The van der Waals surface area contributed by atoms with Gasteiger partial charge >= 0.3 is 0 Å². The van der Waals surface area contributed by atoms with Crippen molar-refractivity contribution in [3.05, 3.63) is 18.0 Å². The van der Waals surface area contributed by atoms with Crippen molar-refractivity contribution < 1.29 is 9.90 Å². The number of hydrogen-bond acceptors (Lipinski definition) is 6. The Labute approximate surface area is 162 Å². The molecule has 0 atom stereocenters. The second kappa shape index (κ2) is 7.72. The lowest BCUT2D eigenvalue weighted by Gasteiger charge is -2.44. The summed E-state index contributed by atoms with van der Waals surface area (Å²) in [4.78, 5) is 27.8. The molecule has 7 nitrogen and oxygen atoms in total. The number of aryl methyl sites for hydroxylation is 1. The fourth-order valence-electron chi connectivity index (χ4n) is 3.87. The zero-order chi connectivity index (χ0) is 19.7. The average Bonchev–Trinajstić information content (AvgIpc) is 2.62. The standard InChI is InChI=1S/C20H33N5O2/c1-16-14-21-18(22-15-16)24-11-9-23(10-12-24)17(26)13-20(27)5-7-25(8-6-20)19(2,3)4/h14-15,27H,5-13H2,1-4H3. The van der Waals surface area contributed by atoms with E-state index in [1.165, 1.54) is 0 Å². The molecule has 0 bridgehead atoms. The lowest BCUT2D eigenvalue weighted by atomic mass is 9.86. The summed E-state index contributed by atoms with van der Waals surface area (Å²) in [7, 11) is 0. The zero-order valence-electron chi connectivity index (χ0n) is 17.1. The molecule has 0 saturated carbocycles. The Morgan fingerprint density at radius 3 is 2.15 bits per heavy atom. The number of piperidine rings is 1. The summed E-state index contributed by atoms with van der Waals surface area (Å²) in [6.45, 7) is 13.0. The van der Waals surface area contributed by atoms with Crippen molar-refractivity contribution in [2.24, 2.45) is 0 Å². The Morgan fingerprint density at radius 1 is 1.07 bits per heavy atom. The van der Waals surface area contributed by atoms with Gasteiger partial charge < -0.3 is 14.9 Å². The van der Waals surface area contributed by atoms with Crippen molar-refractivity contribution in [2.75, 3.05) is 44.2 Å². The Hall–Kier alpha value is -1.73. The maximum atomic E-state index is 12.7. The number of carbonyl (C=O) groups excluding carboxylic acids is 1. The maximum absolute atomic E-state index is 12.7. The van der Waals surface area contributed by atoms with Crippen LogP contribution in [0.3, 0.4) is 0 Å².